The molecule has 3 amide bonds. The normalized spacial score (nSPS) is 13.7. The lowest BCUT2D eigenvalue weighted by Crippen LogP contribution is -2.51. The number of thiol groups is 1. The van der Waals surface area contributed by atoms with Crippen LogP contribution < -0.4 is 21.1 Å². The fourth-order valence-corrected chi connectivity index (χ4v) is 2.85. The Morgan fingerprint density at radius 1 is 1.17 bits per heavy atom. The Kier molecular flexibility index (Phi) is 11.1. The average Bonchev–Trinajstić information content (AvgIpc) is 2.46. The van der Waals surface area contributed by atoms with E-state index < -0.39 is 18.1 Å². The van der Waals surface area contributed by atoms with Crippen LogP contribution in [0, 0.1) is 11.8 Å². The van der Waals surface area contributed by atoms with Crippen LogP contribution in [-0.2, 0) is 9.59 Å². The van der Waals surface area contributed by atoms with Crippen LogP contribution in [0.15, 0.2) is 0 Å². The van der Waals surface area contributed by atoms with Gasteiger partial charge < -0.3 is 16.4 Å². The van der Waals surface area contributed by atoms with Crippen LogP contribution in [0.4, 0.5) is 4.79 Å². The Balaban J connectivity index is 4.76. The molecule has 0 aliphatic carbocycles. The second kappa shape index (κ2) is 11.6. The minimum Gasteiger partial charge on any atom is -0.352 e. The molecule has 0 aromatic rings. The third-order valence-corrected chi connectivity index (χ3v) is 4.00. The van der Waals surface area contributed by atoms with Crippen molar-refractivity contribution in [3.05, 3.63) is 0 Å². The molecule has 0 aromatic carbocycles. The Bertz CT molecular complexity index is 405. The second-order valence-corrected chi connectivity index (χ2v) is 6.95. The first-order chi connectivity index (χ1) is 10.7. The van der Waals surface area contributed by atoms with E-state index in [1.807, 2.05) is 13.8 Å². The van der Waals surface area contributed by atoms with Crippen LogP contribution in [0.2, 0.25) is 0 Å². The van der Waals surface area contributed by atoms with Crippen LogP contribution in [0.5, 0.6) is 0 Å². The Morgan fingerprint density at radius 3 is 2.22 bits per heavy atom. The summed E-state index contributed by atoms with van der Waals surface area (Å²) < 4.78 is 2.92. The van der Waals surface area contributed by atoms with Gasteiger partial charge in [-0.25, -0.2) is 9.52 Å². The number of urea groups is 1. The molecule has 7 nitrogen and oxygen atoms in total. The van der Waals surface area contributed by atoms with Crippen LogP contribution in [0.25, 0.3) is 0 Å². The Hall–Kier alpha value is -0.930. The minimum atomic E-state index is -0.601. The summed E-state index contributed by atoms with van der Waals surface area (Å²) in [5, 5.41) is 5.28. The maximum Gasteiger partial charge on any atom is 0.312 e. The maximum absolute atomic E-state index is 12.4. The highest BCUT2D eigenvalue weighted by atomic mass is 33.1. The number of carbonyl (C=O) groups is 3. The van der Waals surface area contributed by atoms with Crippen molar-refractivity contribution in [3.63, 3.8) is 0 Å². The fourth-order valence-electron chi connectivity index (χ4n) is 2.02. The molecule has 0 saturated heterocycles. The largest absolute Gasteiger partial charge is 0.352 e. The molecule has 0 bridgehead atoms. The summed E-state index contributed by atoms with van der Waals surface area (Å²) in [5.74, 6) is -0.392. The van der Waals surface area contributed by atoms with Gasteiger partial charge in [0.15, 0.2) is 5.78 Å². The van der Waals surface area contributed by atoms with E-state index in [1.54, 1.807) is 13.8 Å². The van der Waals surface area contributed by atoms with Crippen molar-refractivity contribution in [2.45, 2.75) is 52.6 Å². The number of Topliss-reactive ketones (excluding diaryl/α,β-unsaturated/α-hetero) is 1. The van der Waals surface area contributed by atoms with Gasteiger partial charge in [-0.05, 0) is 29.7 Å². The van der Waals surface area contributed by atoms with Gasteiger partial charge in [-0.3, -0.25) is 9.59 Å². The van der Waals surface area contributed by atoms with Gasteiger partial charge in [0.05, 0.1) is 12.1 Å². The van der Waals surface area contributed by atoms with Crippen molar-refractivity contribution < 1.29 is 14.4 Å². The Morgan fingerprint density at radius 2 is 1.78 bits per heavy atom. The number of rotatable bonds is 11. The number of primary amides is 1. The topological polar surface area (TPSA) is 113 Å². The van der Waals surface area contributed by atoms with Crippen LogP contribution in [-0.4, -0.2) is 36.3 Å². The van der Waals surface area contributed by atoms with Crippen molar-refractivity contribution in [3.8, 4) is 0 Å². The molecule has 2 atom stereocenters. The first-order valence-corrected chi connectivity index (χ1v) is 9.50. The summed E-state index contributed by atoms with van der Waals surface area (Å²) in [5.41, 5.74) is 5.00. The van der Waals surface area contributed by atoms with Crippen LogP contribution >= 0.6 is 22.6 Å². The quantitative estimate of drug-likeness (QED) is 0.164. The van der Waals surface area contributed by atoms with Gasteiger partial charge in [-0.15, -0.1) is 0 Å². The molecule has 0 saturated carbocycles. The molecular weight excluding hydrogens is 336 g/mol. The molecule has 23 heavy (non-hydrogen) atoms. The Labute approximate surface area is 147 Å². The van der Waals surface area contributed by atoms with E-state index in [2.05, 4.69) is 27.0 Å². The zero-order valence-corrected chi connectivity index (χ0v) is 15.8. The highest BCUT2D eigenvalue weighted by molar-refractivity contribution is 8.67. The summed E-state index contributed by atoms with van der Waals surface area (Å²) in [6.45, 7) is 7.79. The lowest BCUT2D eigenvalue weighted by molar-refractivity contribution is -0.130. The highest BCUT2D eigenvalue weighted by Gasteiger charge is 2.28. The fraction of sp³-hybridized carbons (Fsp3) is 0.786. The summed E-state index contributed by atoms with van der Waals surface area (Å²) in [6.07, 6.45) is 0.995. The monoisotopic (exact) mass is 364 g/mol. The smallest absolute Gasteiger partial charge is 0.312 e. The minimum absolute atomic E-state index is 0.0292. The van der Waals surface area contributed by atoms with Gasteiger partial charge in [-0.1, -0.05) is 39.4 Å². The lowest BCUT2D eigenvalue weighted by Gasteiger charge is -2.25. The summed E-state index contributed by atoms with van der Waals surface area (Å²) in [4.78, 5) is 35.3. The van der Waals surface area contributed by atoms with E-state index >= 15 is 0 Å². The number of amides is 3. The van der Waals surface area contributed by atoms with Crippen molar-refractivity contribution in [2.24, 2.45) is 17.6 Å². The van der Waals surface area contributed by atoms with E-state index in [1.165, 1.54) is 0 Å². The van der Waals surface area contributed by atoms with E-state index in [4.69, 9.17) is 5.73 Å². The molecule has 9 heteroatoms. The molecule has 134 valence electrons. The molecule has 0 aliphatic rings. The SMILES string of the molecule is CC(C)C(=O)C(CCCNC(N)=O)NC(=O)C(NSS)C(C)C. The summed E-state index contributed by atoms with van der Waals surface area (Å²) in [6, 6.07) is -1.62. The average molecular weight is 365 g/mol. The predicted molar refractivity (Wildman–Crippen MR) is 96.9 cm³/mol. The van der Waals surface area contributed by atoms with Crippen molar-refractivity contribution in [1.29, 1.82) is 0 Å². The van der Waals surface area contributed by atoms with Gasteiger partial charge in [0.1, 0.15) is 0 Å². The van der Waals surface area contributed by atoms with Gasteiger partial charge in [0.2, 0.25) is 5.91 Å². The maximum atomic E-state index is 12.4. The van der Waals surface area contributed by atoms with E-state index in [0.717, 1.165) is 11.0 Å². The van der Waals surface area contributed by atoms with E-state index in [-0.39, 0.29) is 23.5 Å². The van der Waals surface area contributed by atoms with E-state index in [0.29, 0.717) is 19.4 Å². The van der Waals surface area contributed by atoms with E-state index in [9.17, 15) is 14.4 Å². The molecule has 0 aliphatic heterocycles. The molecular formula is C14H28N4O3S2. The molecule has 5 N–H and O–H groups in total. The number of hydrogen-bond acceptors (Lipinski definition) is 6. The molecule has 0 rings (SSSR count). The standard InChI is InChI=1S/C14H28N4O3S2/c1-8(2)11(18-23-22)13(20)17-10(12(19)9(3)4)6-5-7-16-14(15)21/h8-11,18,22H,5-7H2,1-4H3,(H,17,20)(H3,15,16,21). The molecule has 0 aromatic heterocycles. The van der Waals surface area contributed by atoms with Gasteiger partial charge in [0, 0.05) is 12.5 Å². The van der Waals surface area contributed by atoms with Crippen molar-refractivity contribution in [2.75, 3.05) is 6.54 Å². The van der Waals surface area contributed by atoms with Crippen LogP contribution in [0.1, 0.15) is 40.5 Å². The van der Waals surface area contributed by atoms with Gasteiger partial charge in [0.25, 0.3) is 0 Å². The molecule has 0 radical (unpaired) electrons. The number of nitrogens with one attached hydrogen (secondary N) is 3. The lowest BCUT2D eigenvalue weighted by atomic mass is 9.96. The first-order valence-electron chi connectivity index (χ1n) is 7.64. The number of carbonyl (C=O) groups excluding carboxylic acids is 3. The summed E-state index contributed by atoms with van der Waals surface area (Å²) >= 11 is 4.01. The number of nitrogens with two attached hydrogens (primary N) is 1. The number of hydrogen-bond donors (Lipinski definition) is 5. The zero-order valence-electron chi connectivity index (χ0n) is 14.1. The number of ketones is 1. The first kappa shape index (κ1) is 22.1. The zero-order chi connectivity index (χ0) is 18.0. The molecule has 0 heterocycles. The summed E-state index contributed by atoms with van der Waals surface area (Å²) in [7, 11) is 1.07. The third kappa shape index (κ3) is 9.07. The predicted octanol–water partition coefficient (Wildman–Crippen LogP) is 1.25. The second-order valence-electron chi connectivity index (χ2n) is 5.98. The molecule has 2 unspecified atom stereocenters. The van der Waals surface area contributed by atoms with Gasteiger partial charge in [-0.2, -0.15) is 0 Å². The molecule has 0 spiro atoms. The van der Waals surface area contributed by atoms with Gasteiger partial charge >= 0.3 is 6.03 Å². The van der Waals surface area contributed by atoms with Crippen molar-refractivity contribution >= 4 is 40.4 Å². The molecule has 0 fully saturated rings. The van der Waals surface area contributed by atoms with Crippen molar-refractivity contribution in [1.82, 2.24) is 15.4 Å². The van der Waals surface area contributed by atoms with Crippen LogP contribution in [0.3, 0.4) is 0 Å². The third-order valence-electron chi connectivity index (χ3n) is 3.33. The highest BCUT2D eigenvalue weighted by Crippen LogP contribution is 2.11.